The molecule has 2 rings (SSSR count). The number of halogens is 5. The Bertz CT molecular complexity index is 826. The van der Waals surface area contributed by atoms with E-state index in [1.54, 1.807) is 0 Å². The third-order valence-electron chi connectivity index (χ3n) is 2.79. The Morgan fingerprint density at radius 3 is 2.67 bits per heavy atom. The zero-order valence-corrected chi connectivity index (χ0v) is 13.4. The van der Waals surface area contributed by atoms with Crippen LogP contribution in [0.1, 0.15) is 21.6 Å². The van der Waals surface area contributed by atoms with E-state index in [1.807, 2.05) is 0 Å². The first kappa shape index (κ1) is 18.1. The van der Waals surface area contributed by atoms with Gasteiger partial charge in [0.1, 0.15) is 10.8 Å². The SMILES string of the molecule is O=C(NCC#Cc1cccc(C(F)(F)F)c1)c1nc(Cl)ccc1Cl. The summed E-state index contributed by atoms with van der Waals surface area (Å²) in [6.07, 6.45) is -4.43. The molecule has 24 heavy (non-hydrogen) atoms. The lowest BCUT2D eigenvalue weighted by molar-refractivity contribution is -0.137. The number of amides is 1. The molecule has 1 amide bonds. The molecule has 1 aromatic carbocycles. The fourth-order valence-corrected chi connectivity index (χ4v) is 2.04. The first-order valence-corrected chi connectivity index (χ1v) is 7.29. The van der Waals surface area contributed by atoms with Gasteiger partial charge in [-0.3, -0.25) is 4.79 Å². The number of aromatic nitrogens is 1. The highest BCUT2D eigenvalue weighted by Crippen LogP contribution is 2.29. The summed E-state index contributed by atoms with van der Waals surface area (Å²) in [5.41, 5.74) is -0.642. The van der Waals surface area contributed by atoms with E-state index in [0.29, 0.717) is 0 Å². The number of nitrogens with zero attached hydrogens (tertiary/aromatic N) is 1. The van der Waals surface area contributed by atoms with Crippen molar-refractivity contribution in [3.05, 3.63) is 63.4 Å². The van der Waals surface area contributed by atoms with Crippen LogP contribution in [-0.2, 0) is 6.18 Å². The van der Waals surface area contributed by atoms with Gasteiger partial charge in [-0.05, 0) is 30.3 Å². The molecule has 0 aliphatic carbocycles. The second-order valence-electron chi connectivity index (χ2n) is 4.53. The average Bonchev–Trinajstić information content (AvgIpc) is 2.53. The van der Waals surface area contributed by atoms with Gasteiger partial charge in [0, 0.05) is 5.56 Å². The maximum absolute atomic E-state index is 12.6. The third-order valence-corrected chi connectivity index (χ3v) is 3.30. The van der Waals surface area contributed by atoms with E-state index in [4.69, 9.17) is 23.2 Å². The highest BCUT2D eigenvalue weighted by Gasteiger charge is 2.30. The molecule has 1 heterocycles. The fourth-order valence-electron chi connectivity index (χ4n) is 1.71. The lowest BCUT2D eigenvalue weighted by atomic mass is 10.1. The van der Waals surface area contributed by atoms with Crippen molar-refractivity contribution in [1.82, 2.24) is 10.3 Å². The minimum absolute atomic E-state index is 0.0509. The fraction of sp³-hybridized carbons (Fsp3) is 0.125. The molecule has 0 saturated heterocycles. The lowest BCUT2D eigenvalue weighted by Crippen LogP contribution is -2.25. The van der Waals surface area contributed by atoms with Crippen LogP contribution in [0.4, 0.5) is 13.2 Å². The summed E-state index contributed by atoms with van der Waals surface area (Å²) >= 11 is 11.5. The molecule has 124 valence electrons. The van der Waals surface area contributed by atoms with Crippen LogP contribution in [0.5, 0.6) is 0 Å². The Balaban J connectivity index is 2.02. The Kier molecular flexibility index (Phi) is 5.71. The maximum Gasteiger partial charge on any atom is 0.416 e. The summed E-state index contributed by atoms with van der Waals surface area (Å²) in [6.45, 7) is -0.0837. The molecule has 3 nitrogen and oxygen atoms in total. The van der Waals surface area contributed by atoms with Crippen molar-refractivity contribution < 1.29 is 18.0 Å². The van der Waals surface area contributed by atoms with E-state index in [9.17, 15) is 18.0 Å². The number of hydrogen-bond acceptors (Lipinski definition) is 2. The van der Waals surface area contributed by atoms with Crippen molar-refractivity contribution in [3.8, 4) is 11.8 Å². The van der Waals surface area contributed by atoms with E-state index in [-0.39, 0.29) is 28.0 Å². The van der Waals surface area contributed by atoms with Gasteiger partial charge in [0.25, 0.3) is 5.91 Å². The molecule has 0 aliphatic heterocycles. The molecular weight excluding hydrogens is 364 g/mol. The number of pyridine rings is 1. The molecule has 0 spiro atoms. The van der Waals surface area contributed by atoms with Crippen molar-refractivity contribution in [1.29, 1.82) is 0 Å². The number of alkyl halides is 3. The van der Waals surface area contributed by atoms with Crippen molar-refractivity contribution in [2.45, 2.75) is 6.18 Å². The summed E-state index contributed by atoms with van der Waals surface area (Å²) in [7, 11) is 0. The monoisotopic (exact) mass is 372 g/mol. The molecule has 0 unspecified atom stereocenters. The Labute approximate surface area is 145 Å². The summed E-state index contributed by atoms with van der Waals surface area (Å²) in [5, 5.41) is 2.68. The van der Waals surface area contributed by atoms with Gasteiger partial charge in [0.15, 0.2) is 0 Å². The van der Waals surface area contributed by atoms with E-state index >= 15 is 0 Å². The van der Waals surface area contributed by atoms with Crippen LogP contribution in [0.25, 0.3) is 0 Å². The topological polar surface area (TPSA) is 42.0 Å². The number of carbonyl (C=O) groups excluding carboxylic acids is 1. The lowest BCUT2D eigenvalue weighted by Gasteiger charge is -2.05. The standard InChI is InChI=1S/C16H9Cl2F3N2O/c17-12-6-7-13(18)23-14(12)15(24)22-8-2-4-10-3-1-5-11(9-10)16(19,20)21/h1,3,5-7,9H,8H2,(H,22,24). The maximum atomic E-state index is 12.6. The second-order valence-corrected chi connectivity index (χ2v) is 5.32. The molecule has 1 N–H and O–H groups in total. The van der Waals surface area contributed by atoms with Crippen LogP contribution in [0, 0.1) is 11.8 Å². The van der Waals surface area contributed by atoms with Gasteiger partial charge in [-0.15, -0.1) is 0 Å². The summed E-state index contributed by atoms with van der Waals surface area (Å²) in [6, 6.07) is 7.47. The smallest absolute Gasteiger partial charge is 0.340 e. The van der Waals surface area contributed by atoms with Crippen molar-refractivity contribution >= 4 is 29.1 Å². The number of benzene rings is 1. The Hall–Kier alpha value is -2.23. The molecule has 8 heteroatoms. The summed E-state index contributed by atoms with van der Waals surface area (Å²) < 4.78 is 37.8. The van der Waals surface area contributed by atoms with E-state index in [0.717, 1.165) is 12.1 Å². The minimum atomic E-state index is -4.43. The van der Waals surface area contributed by atoms with E-state index in [1.165, 1.54) is 24.3 Å². The predicted octanol–water partition coefficient (Wildman–Crippen LogP) is 4.19. The first-order chi connectivity index (χ1) is 11.3. The largest absolute Gasteiger partial charge is 0.416 e. The molecule has 0 atom stereocenters. The third kappa shape index (κ3) is 4.88. The predicted molar refractivity (Wildman–Crippen MR) is 84.9 cm³/mol. The quantitative estimate of drug-likeness (QED) is 0.634. The van der Waals surface area contributed by atoms with Gasteiger partial charge in [0.2, 0.25) is 0 Å². The molecule has 1 aromatic heterocycles. The van der Waals surface area contributed by atoms with E-state index < -0.39 is 17.6 Å². The van der Waals surface area contributed by atoms with Crippen LogP contribution >= 0.6 is 23.2 Å². The normalized spacial score (nSPS) is 10.7. The van der Waals surface area contributed by atoms with Crippen LogP contribution in [0.3, 0.4) is 0 Å². The molecule has 0 aliphatic rings. The molecule has 0 fully saturated rings. The Morgan fingerprint density at radius 1 is 1.21 bits per heavy atom. The van der Waals surface area contributed by atoms with Gasteiger partial charge >= 0.3 is 6.18 Å². The summed E-state index contributed by atoms with van der Waals surface area (Å²) in [4.78, 5) is 15.7. The zero-order valence-electron chi connectivity index (χ0n) is 11.9. The van der Waals surface area contributed by atoms with Gasteiger partial charge in [0.05, 0.1) is 17.1 Å². The molecular formula is C16H9Cl2F3N2O. The van der Waals surface area contributed by atoms with Gasteiger partial charge in [-0.2, -0.15) is 13.2 Å². The zero-order chi connectivity index (χ0) is 17.7. The minimum Gasteiger partial charge on any atom is -0.340 e. The molecule has 0 bridgehead atoms. The summed E-state index contributed by atoms with van der Waals surface area (Å²) in [5.74, 6) is 4.53. The van der Waals surface area contributed by atoms with Gasteiger partial charge in [-0.1, -0.05) is 41.1 Å². The Morgan fingerprint density at radius 2 is 1.96 bits per heavy atom. The van der Waals surface area contributed by atoms with E-state index in [2.05, 4.69) is 22.1 Å². The molecule has 0 saturated carbocycles. The van der Waals surface area contributed by atoms with Crippen LogP contribution in [0.2, 0.25) is 10.2 Å². The molecule has 0 radical (unpaired) electrons. The average molecular weight is 373 g/mol. The highest BCUT2D eigenvalue weighted by molar-refractivity contribution is 6.34. The van der Waals surface area contributed by atoms with Crippen molar-refractivity contribution in [2.24, 2.45) is 0 Å². The van der Waals surface area contributed by atoms with Gasteiger partial charge in [-0.25, -0.2) is 4.98 Å². The second kappa shape index (κ2) is 7.56. The van der Waals surface area contributed by atoms with Crippen molar-refractivity contribution in [2.75, 3.05) is 6.54 Å². The number of rotatable bonds is 2. The van der Waals surface area contributed by atoms with Crippen LogP contribution in [0.15, 0.2) is 36.4 Å². The van der Waals surface area contributed by atoms with Crippen LogP contribution < -0.4 is 5.32 Å². The first-order valence-electron chi connectivity index (χ1n) is 6.54. The highest BCUT2D eigenvalue weighted by atomic mass is 35.5. The number of hydrogen-bond donors (Lipinski definition) is 1. The van der Waals surface area contributed by atoms with Crippen molar-refractivity contribution in [3.63, 3.8) is 0 Å². The van der Waals surface area contributed by atoms with Crippen LogP contribution in [-0.4, -0.2) is 17.4 Å². The van der Waals surface area contributed by atoms with Gasteiger partial charge < -0.3 is 5.32 Å². The molecule has 2 aromatic rings. The number of carbonyl (C=O) groups is 1. The number of nitrogens with one attached hydrogen (secondary N) is 1.